The smallest absolute Gasteiger partial charge is 0.203 e. The lowest BCUT2D eigenvalue weighted by atomic mass is 10.1. The molecule has 21 heavy (non-hydrogen) atoms. The van der Waals surface area contributed by atoms with Crippen LogP contribution in [0.4, 0.5) is 8.78 Å². The minimum atomic E-state index is -1.17. The molecule has 0 amide bonds. The summed E-state index contributed by atoms with van der Waals surface area (Å²) in [5, 5.41) is 1.65. The molecular formula is C17H8F2O2. The van der Waals surface area contributed by atoms with Gasteiger partial charge in [0.2, 0.25) is 5.43 Å². The summed E-state index contributed by atoms with van der Waals surface area (Å²) in [6, 6.07) is 13.0. The summed E-state index contributed by atoms with van der Waals surface area (Å²) >= 11 is 0. The van der Waals surface area contributed by atoms with Crippen LogP contribution in [0.2, 0.25) is 0 Å². The summed E-state index contributed by atoms with van der Waals surface area (Å²) in [7, 11) is 0. The molecule has 0 aliphatic heterocycles. The van der Waals surface area contributed by atoms with Crippen molar-refractivity contribution in [1.82, 2.24) is 0 Å². The molecule has 0 spiro atoms. The molecule has 0 N–H and O–H groups in total. The van der Waals surface area contributed by atoms with Crippen molar-refractivity contribution in [2.75, 3.05) is 0 Å². The highest BCUT2D eigenvalue weighted by atomic mass is 19.2. The molecule has 0 bridgehead atoms. The number of halogens is 2. The normalized spacial score (nSPS) is 11.5. The Balaban J connectivity index is 2.28. The van der Waals surface area contributed by atoms with Crippen LogP contribution >= 0.6 is 0 Å². The van der Waals surface area contributed by atoms with Crippen LogP contribution in [0.25, 0.3) is 32.7 Å². The van der Waals surface area contributed by atoms with Crippen LogP contribution < -0.4 is 5.43 Å². The quantitative estimate of drug-likeness (QED) is 0.448. The maximum Gasteiger partial charge on any atom is 0.203 e. The molecule has 4 heteroatoms. The topological polar surface area (TPSA) is 30.2 Å². The average molecular weight is 282 g/mol. The van der Waals surface area contributed by atoms with E-state index in [1.807, 2.05) is 24.3 Å². The highest BCUT2D eigenvalue weighted by Crippen LogP contribution is 2.25. The van der Waals surface area contributed by atoms with Crippen molar-refractivity contribution >= 4 is 32.7 Å². The third-order valence-electron chi connectivity index (χ3n) is 3.60. The average Bonchev–Trinajstić information content (AvgIpc) is 2.49. The van der Waals surface area contributed by atoms with Crippen LogP contribution in [0.5, 0.6) is 0 Å². The molecule has 0 aliphatic carbocycles. The van der Waals surface area contributed by atoms with Gasteiger partial charge in [0.25, 0.3) is 0 Å². The SMILES string of the molecule is O=c1c2cc3ccccc3cc2oc2ccc(F)c(F)c12. The van der Waals surface area contributed by atoms with E-state index < -0.39 is 17.1 Å². The minimum Gasteiger partial charge on any atom is -0.456 e. The lowest BCUT2D eigenvalue weighted by Gasteiger charge is -2.04. The van der Waals surface area contributed by atoms with Crippen LogP contribution in [0, 0.1) is 11.6 Å². The summed E-state index contributed by atoms with van der Waals surface area (Å²) in [5.41, 5.74) is -0.159. The Morgan fingerprint density at radius 3 is 2.33 bits per heavy atom. The van der Waals surface area contributed by atoms with Crippen molar-refractivity contribution in [3.05, 3.63) is 70.4 Å². The molecule has 0 saturated carbocycles. The molecule has 102 valence electrons. The first-order valence-electron chi connectivity index (χ1n) is 6.38. The van der Waals surface area contributed by atoms with Gasteiger partial charge in [-0.1, -0.05) is 24.3 Å². The van der Waals surface area contributed by atoms with E-state index in [1.165, 1.54) is 6.07 Å². The zero-order valence-electron chi connectivity index (χ0n) is 10.7. The van der Waals surface area contributed by atoms with Gasteiger partial charge in [0.05, 0.1) is 5.39 Å². The molecule has 0 radical (unpaired) electrons. The Morgan fingerprint density at radius 1 is 0.857 bits per heavy atom. The van der Waals surface area contributed by atoms with Crippen molar-refractivity contribution in [2.24, 2.45) is 0 Å². The van der Waals surface area contributed by atoms with Gasteiger partial charge in [-0.05, 0) is 35.0 Å². The highest BCUT2D eigenvalue weighted by Gasteiger charge is 2.15. The van der Waals surface area contributed by atoms with Gasteiger partial charge < -0.3 is 4.42 Å². The number of fused-ring (bicyclic) bond motifs is 3. The van der Waals surface area contributed by atoms with Crippen molar-refractivity contribution < 1.29 is 13.2 Å². The molecule has 4 aromatic rings. The molecule has 0 atom stereocenters. The van der Waals surface area contributed by atoms with Gasteiger partial charge in [-0.15, -0.1) is 0 Å². The lowest BCUT2D eigenvalue weighted by molar-refractivity contribution is 0.513. The number of rotatable bonds is 0. The Kier molecular flexibility index (Phi) is 2.36. The fourth-order valence-electron chi connectivity index (χ4n) is 2.56. The molecular weight excluding hydrogens is 274 g/mol. The monoisotopic (exact) mass is 282 g/mol. The van der Waals surface area contributed by atoms with Gasteiger partial charge in [0, 0.05) is 0 Å². The zero-order valence-corrected chi connectivity index (χ0v) is 10.7. The molecule has 0 unspecified atom stereocenters. The fourth-order valence-corrected chi connectivity index (χ4v) is 2.56. The van der Waals surface area contributed by atoms with Crippen molar-refractivity contribution in [3.63, 3.8) is 0 Å². The fraction of sp³-hybridized carbons (Fsp3) is 0. The Bertz CT molecular complexity index is 1080. The van der Waals surface area contributed by atoms with E-state index in [2.05, 4.69) is 0 Å². The van der Waals surface area contributed by atoms with Gasteiger partial charge in [0.15, 0.2) is 11.6 Å². The predicted molar refractivity (Wildman–Crippen MR) is 77.4 cm³/mol. The summed E-state index contributed by atoms with van der Waals surface area (Å²) in [6.45, 7) is 0. The minimum absolute atomic E-state index is 0.0432. The van der Waals surface area contributed by atoms with Crippen molar-refractivity contribution in [3.8, 4) is 0 Å². The zero-order chi connectivity index (χ0) is 14.6. The Labute approximate surface area is 117 Å². The molecule has 1 aromatic heterocycles. The molecule has 4 rings (SSSR count). The van der Waals surface area contributed by atoms with E-state index in [4.69, 9.17) is 4.42 Å². The van der Waals surface area contributed by atoms with Crippen LogP contribution in [0.3, 0.4) is 0 Å². The van der Waals surface area contributed by atoms with E-state index in [1.54, 1.807) is 12.1 Å². The molecule has 0 saturated heterocycles. The van der Waals surface area contributed by atoms with Gasteiger partial charge in [-0.3, -0.25) is 4.79 Å². The maximum atomic E-state index is 13.9. The summed E-state index contributed by atoms with van der Waals surface area (Å²) < 4.78 is 32.8. The molecule has 3 aromatic carbocycles. The van der Waals surface area contributed by atoms with Crippen molar-refractivity contribution in [1.29, 1.82) is 0 Å². The highest BCUT2D eigenvalue weighted by molar-refractivity contribution is 5.99. The number of hydrogen-bond acceptors (Lipinski definition) is 2. The first kappa shape index (κ1) is 12.0. The summed E-state index contributed by atoms with van der Waals surface area (Å²) in [5.74, 6) is -2.23. The second-order valence-electron chi connectivity index (χ2n) is 4.86. The first-order valence-corrected chi connectivity index (χ1v) is 6.38. The van der Waals surface area contributed by atoms with E-state index in [0.717, 1.165) is 16.8 Å². The van der Waals surface area contributed by atoms with Gasteiger partial charge >= 0.3 is 0 Å². The Morgan fingerprint density at radius 2 is 1.57 bits per heavy atom. The third-order valence-corrected chi connectivity index (χ3v) is 3.60. The Hall–Kier alpha value is -2.75. The van der Waals surface area contributed by atoms with Crippen molar-refractivity contribution in [2.45, 2.75) is 0 Å². The molecule has 0 fully saturated rings. The van der Waals surface area contributed by atoms with E-state index >= 15 is 0 Å². The second kappa shape index (κ2) is 4.12. The molecule has 2 nitrogen and oxygen atoms in total. The van der Waals surface area contributed by atoms with Gasteiger partial charge in [-0.25, -0.2) is 8.78 Å². The van der Waals surface area contributed by atoms with E-state index in [9.17, 15) is 13.6 Å². The summed E-state index contributed by atoms with van der Waals surface area (Å²) in [6.07, 6.45) is 0. The first-order chi connectivity index (χ1) is 10.1. The third kappa shape index (κ3) is 1.65. The van der Waals surface area contributed by atoms with Crippen LogP contribution in [0.1, 0.15) is 0 Å². The lowest BCUT2D eigenvalue weighted by Crippen LogP contribution is -2.05. The van der Waals surface area contributed by atoms with E-state index in [-0.39, 0.29) is 16.4 Å². The van der Waals surface area contributed by atoms with Crippen LogP contribution in [0.15, 0.2) is 57.7 Å². The van der Waals surface area contributed by atoms with Crippen LogP contribution in [-0.4, -0.2) is 0 Å². The van der Waals surface area contributed by atoms with Crippen LogP contribution in [-0.2, 0) is 0 Å². The van der Waals surface area contributed by atoms with Gasteiger partial charge in [-0.2, -0.15) is 0 Å². The standard InChI is InChI=1S/C17H8F2O2/c18-12-5-6-13-15(16(12)19)17(20)11-7-9-3-1-2-4-10(9)8-14(11)21-13/h1-8H. The maximum absolute atomic E-state index is 13.9. The predicted octanol–water partition coefficient (Wildman–Crippen LogP) is 4.38. The van der Waals surface area contributed by atoms with E-state index in [0.29, 0.717) is 5.58 Å². The van der Waals surface area contributed by atoms with Gasteiger partial charge in [0.1, 0.15) is 16.6 Å². The summed E-state index contributed by atoms with van der Waals surface area (Å²) in [4.78, 5) is 12.4. The second-order valence-corrected chi connectivity index (χ2v) is 4.86. The molecule has 1 heterocycles. The number of hydrogen-bond donors (Lipinski definition) is 0. The number of benzene rings is 3. The molecule has 0 aliphatic rings. The largest absolute Gasteiger partial charge is 0.456 e.